The second-order valence-corrected chi connectivity index (χ2v) is 12.7. The average Bonchev–Trinajstić information content (AvgIpc) is 3.28. The molecule has 1 spiro atoms. The first-order valence-electron chi connectivity index (χ1n) is 13.1. The van der Waals surface area contributed by atoms with Gasteiger partial charge in [0.1, 0.15) is 5.69 Å². The smallest absolute Gasteiger partial charge is 0.301 e. The topological polar surface area (TPSA) is 180 Å². The molecule has 2 bridgehead atoms. The summed E-state index contributed by atoms with van der Waals surface area (Å²) in [5.41, 5.74) is 1.95. The van der Waals surface area contributed by atoms with Crippen molar-refractivity contribution in [2.75, 3.05) is 11.2 Å². The number of hydrogen-bond acceptors (Lipinski definition) is 10. The monoisotopic (exact) mass is 583 g/mol. The van der Waals surface area contributed by atoms with Gasteiger partial charge in [-0.3, -0.25) is 40.0 Å². The van der Waals surface area contributed by atoms with Crippen molar-refractivity contribution in [3.05, 3.63) is 89.4 Å². The fraction of sp³-hybridized carbons (Fsp3) is 0.444. The summed E-state index contributed by atoms with van der Waals surface area (Å²) in [6.07, 6.45) is 5.47. The Bertz CT molecular complexity index is 1490. The minimum absolute atomic E-state index is 0.0324. The number of nitrogens with zero attached hydrogens (tertiary/aromatic N) is 4. The lowest BCUT2D eigenvalue weighted by Gasteiger charge is -2.45. The number of anilines is 1. The van der Waals surface area contributed by atoms with Crippen LogP contribution in [0.3, 0.4) is 0 Å². The Hall–Kier alpha value is -4.04. The van der Waals surface area contributed by atoms with Gasteiger partial charge in [0, 0.05) is 57.7 Å². The molecule has 216 valence electrons. The van der Waals surface area contributed by atoms with Gasteiger partial charge in [0.15, 0.2) is 0 Å². The van der Waals surface area contributed by atoms with Gasteiger partial charge in [0.25, 0.3) is 11.4 Å². The highest BCUT2D eigenvalue weighted by Gasteiger charge is 2.65. The summed E-state index contributed by atoms with van der Waals surface area (Å²) in [5.74, 6) is 0.894. The van der Waals surface area contributed by atoms with E-state index in [1.807, 2.05) is 0 Å². The van der Waals surface area contributed by atoms with Crippen molar-refractivity contribution in [2.24, 2.45) is 21.8 Å². The van der Waals surface area contributed by atoms with E-state index in [1.54, 1.807) is 18.2 Å². The summed E-state index contributed by atoms with van der Waals surface area (Å²) < 4.78 is 20.6. The molecule has 0 aromatic heterocycles. The van der Waals surface area contributed by atoms with Crippen LogP contribution in [0.1, 0.15) is 51.2 Å². The first-order chi connectivity index (χ1) is 19.4. The van der Waals surface area contributed by atoms with Crippen LogP contribution in [0.25, 0.3) is 0 Å². The zero-order chi connectivity index (χ0) is 29.5. The second-order valence-electron chi connectivity index (χ2n) is 11.2. The molecule has 41 heavy (non-hydrogen) atoms. The molecule has 1 saturated heterocycles. The summed E-state index contributed by atoms with van der Waals surface area (Å²) in [6, 6.07) is 9.37. The van der Waals surface area contributed by atoms with Gasteiger partial charge >= 0.3 is 5.69 Å². The number of benzene rings is 2. The van der Waals surface area contributed by atoms with Crippen LogP contribution in [0.15, 0.2) is 58.5 Å². The number of nitrogens with one attached hydrogen (secondary N) is 1. The molecule has 14 heteroatoms. The lowest BCUT2D eigenvalue weighted by molar-refractivity contribution is -0.393. The summed E-state index contributed by atoms with van der Waals surface area (Å²) >= 11 is 0. The van der Waals surface area contributed by atoms with E-state index in [2.05, 4.69) is 24.4 Å². The Balaban J connectivity index is 1.45. The zero-order valence-corrected chi connectivity index (χ0v) is 23.2. The summed E-state index contributed by atoms with van der Waals surface area (Å²) in [4.78, 5) is 32.2. The minimum Gasteiger partial charge on any atom is -0.369 e. The first-order valence-corrected chi connectivity index (χ1v) is 14.4. The molecule has 2 saturated carbocycles. The maximum atomic E-state index is 13.9. The molecule has 13 nitrogen and oxygen atoms in total. The van der Waals surface area contributed by atoms with E-state index < -0.39 is 43.0 Å². The van der Waals surface area contributed by atoms with Gasteiger partial charge in [0.2, 0.25) is 0 Å². The van der Waals surface area contributed by atoms with Crippen LogP contribution in [-0.4, -0.2) is 37.1 Å². The van der Waals surface area contributed by atoms with Crippen LogP contribution in [0.4, 0.5) is 22.7 Å². The molecular weight excluding hydrogens is 554 g/mol. The molecular formula is C27H29N5O8S. The molecule has 2 aromatic rings. The van der Waals surface area contributed by atoms with Crippen molar-refractivity contribution in [2.45, 2.75) is 51.7 Å². The fourth-order valence-electron chi connectivity index (χ4n) is 6.64. The third-order valence-electron chi connectivity index (χ3n) is 9.14. The molecule has 3 fully saturated rings. The number of fused-ring (bicyclic) bond motifs is 1. The van der Waals surface area contributed by atoms with Crippen LogP contribution in [0.5, 0.6) is 0 Å². The standard InChI is InChI=1S/C27H29N5O8S/c1-26(2)18-9-11-27(26)16-41(39)21(10-12-28-29-22-8-7-20(31(35)36)14-23(22)32(37)38)15-24(40-25(27)13-18)17-3-5-19(6-4-17)30(33)34/h3-8,10,12,14,18,24-25,29H,9,11,13,15-16H2,1-2H3/b21-10+,28-12+/t18-,24-,25-,27-,41?/m1/s1. The second kappa shape index (κ2) is 10.7. The Morgan fingerprint density at radius 1 is 1.02 bits per heavy atom. The normalized spacial score (nSPS) is 29.6. The number of nitro groups is 3. The molecule has 1 unspecified atom stereocenters. The van der Waals surface area contributed by atoms with Crippen molar-refractivity contribution in [1.29, 1.82) is 0 Å². The van der Waals surface area contributed by atoms with Crippen LogP contribution >= 0.6 is 0 Å². The van der Waals surface area contributed by atoms with Crippen molar-refractivity contribution >= 4 is 39.8 Å². The number of nitro benzene ring substituents is 3. The Morgan fingerprint density at radius 3 is 2.34 bits per heavy atom. The van der Waals surface area contributed by atoms with Crippen LogP contribution in [0, 0.1) is 47.1 Å². The Labute approximate surface area is 237 Å². The van der Waals surface area contributed by atoms with Crippen LogP contribution < -0.4 is 5.43 Å². The van der Waals surface area contributed by atoms with E-state index in [9.17, 15) is 34.6 Å². The number of hydrazone groups is 1. The van der Waals surface area contributed by atoms with Gasteiger partial charge < -0.3 is 4.74 Å². The molecule has 2 aliphatic carbocycles. The Kier molecular flexibility index (Phi) is 7.46. The van der Waals surface area contributed by atoms with Gasteiger partial charge in [-0.2, -0.15) is 5.10 Å². The lowest BCUT2D eigenvalue weighted by Crippen LogP contribution is -2.46. The molecule has 1 aliphatic heterocycles. The number of ether oxygens (including phenoxy) is 1. The van der Waals surface area contributed by atoms with E-state index in [1.165, 1.54) is 24.4 Å². The van der Waals surface area contributed by atoms with Crippen molar-refractivity contribution in [1.82, 2.24) is 0 Å². The Morgan fingerprint density at radius 2 is 1.71 bits per heavy atom. The van der Waals surface area contributed by atoms with E-state index in [0.717, 1.165) is 37.0 Å². The number of allylic oxidation sites excluding steroid dienone is 1. The van der Waals surface area contributed by atoms with Gasteiger partial charge in [0.05, 0.1) is 33.0 Å². The van der Waals surface area contributed by atoms with E-state index >= 15 is 0 Å². The molecule has 0 radical (unpaired) electrons. The molecule has 5 rings (SSSR count). The maximum absolute atomic E-state index is 13.9. The largest absolute Gasteiger partial charge is 0.369 e. The highest BCUT2D eigenvalue weighted by Crippen LogP contribution is 2.68. The van der Waals surface area contributed by atoms with E-state index in [0.29, 0.717) is 16.6 Å². The molecule has 3 aliphatic rings. The molecule has 1 heterocycles. The quantitative estimate of drug-likeness (QED) is 0.239. The zero-order valence-electron chi connectivity index (χ0n) is 22.4. The summed E-state index contributed by atoms with van der Waals surface area (Å²) in [6.45, 7) is 4.44. The molecule has 2 aromatic carbocycles. The van der Waals surface area contributed by atoms with Gasteiger partial charge in [-0.05, 0) is 60.4 Å². The number of rotatable bonds is 7. The molecule has 1 N–H and O–H groups in total. The van der Waals surface area contributed by atoms with Gasteiger partial charge in [-0.1, -0.05) is 13.8 Å². The molecule has 5 atom stereocenters. The summed E-state index contributed by atoms with van der Waals surface area (Å²) in [5, 5.41) is 37.6. The predicted molar refractivity (Wildman–Crippen MR) is 152 cm³/mol. The van der Waals surface area contributed by atoms with Gasteiger partial charge in [-0.15, -0.1) is 0 Å². The van der Waals surface area contributed by atoms with Crippen molar-refractivity contribution in [3.63, 3.8) is 0 Å². The fourth-order valence-corrected chi connectivity index (χ4v) is 8.54. The van der Waals surface area contributed by atoms with Gasteiger partial charge in [-0.25, -0.2) is 0 Å². The molecule has 0 amide bonds. The third-order valence-corrected chi connectivity index (χ3v) is 10.8. The SMILES string of the molecule is CC1(C)[C@@H]2CC[C@]13CS(=O)/C(=C/C=N/Nc1ccc([N+](=O)[O-])cc1[N+](=O)[O-])C[C@H](c1ccc([N+](=O)[O-])cc1)O[C@@H]3C2. The highest BCUT2D eigenvalue weighted by molar-refractivity contribution is 7.89. The lowest BCUT2D eigenvalue weighted by atomic mass is 9.69. The number of non-ortho nitro benzene ring substituents is 2. The average molecular weight is 584 g/mol. The van der Waals surface area contributed by atoms with E-state index in [4.69, 9.17) is 4.74 Å². The van der Waals surface area contributed by atoms with Crippen LogP contribution in [0.2, 0.25) is 0 Å². The minimum atomic E-state index is -1.38. The highest BCUT2D eigenvalue weighted by atomic mass is 32.2. The maximum Gasteiger partial charge on any atom is 0.301 e. The number of hydrogen-bond donors (Lipinski definition) is 1. The van der Waals surface area contributed by atoms with Crippen molar-refractivity contribution in [3.8, 4) is 0 Å². The van der Waals surface area contributed by atoms with Crippen LogP contribution in [-0.2, 0) is 15.5 Å². The summed E-state index contributed by atoms with van der Waals surface area (Å²) in [7, 11) is -1.38. The first kappa shape index (κ1) is 28.5. The van der Waals surface area contributed by atoms with Crippen molar-refractivity contribution < 1.29 is 23.7 Å². The predicted octanol–water partition coefficient (Wildman–Crippen LogP) is 5.80. The van der Waals surface area contributed by atoms with E-state index in [-0.39, 0.29) is 34.7 Å². The third kappa shape index (κ3) is 5.12.